The number of aromatic nitrogens is 1. The van der Waals surface area contributed by atoms with Gasteiger partial charge in [-0.2, -0.15) is 0 Å². The number of halogens is 1. The zero-order valence-electron chi connectivity index (χ0n) is 15.3. The van der Waals surface area contributed by atoms with Crippen LogP contribution in [0.1, 0.15) is 23.7 Å². The highest BCUT2D eigenvalue weighted by Crippen LogP contribution is 2.12. The van der Waals surface area contributed by atoms with Crippen LogP contribution in [0.2, 0.25) is 5.02 Å². The number of nitrogens with zero attached hydrogens (tertiary/aromatic N) is 2. The Labute approximate surface area is 170 Å². The molecule has 2 amide bonds. The molecule has 2 rings (SSSR count). The van der Waals surface area contributed by atoms with E-state index in [4.69, 9.17) is 16.3 Å². The number of nitro benzene ring substituents is 1. The summed E-state index contributed by atoms with van der Waals surface area (Å²) in [6, 6.07) is 8.08. The van der Waals surface area contributed by atoms with Crippen molar-refractivity contribution in [2.45, 2.75) is 19.4 Å². The van der Waals surface area contributed by atoms with E-state index < -0.39 is 28.8 Å². The lowest BCUT2D eigenvalue weighted by molar-refractivity contribution is -0.384. The number of ether oxygens (including phenoxy) is 1. The van der Waals surface area contributed by atoms with E-state index in [0.717, 1.165) is 0 Å². The largest absolute Gasteiger partial charge is 0.452 e. The summed E-state index contributed by atoms with van der Waals surface area (Å²) in [6.45, 7) is 1.38. The molecule has 0 saturated heterocycles. The maximum Gasteiger partial charge on any atom is 0.308 e. The third kappa shape index (κ3) is 6.85. The standard InChI is InChI=1S/C18H17ClN4O6/c1-11(17(25)22-15-7-4-13(19)10-21-15)29-16(24)8-9-20-18(26)12-2-5-14(6-3-12)23(27)28/h2-7,10-11H,8-9H2,1H3,(H,20,26)(H,21,22,25)/t11-/m0/s1. The van der Waals surface area contributed by atoms with Crippen LogP contribution >= 0.6 is 11.6 Å². The summed E-state index contributed by atoms with van der Waals surface area (Å²) in [5.74, 6) is -1.48. The summed E-state index contributed by atoms with van der Waals surface area (Å²) in [5.41, 5.74) is 0.0818. The van der Waals surface area contributed by atoms with Crippen molar-refractivity contribution in [3.63, 3.8) is 0 Å². The Balaban J connectivity index is 1.74. The minimum Gasteiger partial charge on any atom is -0.452 e. The Kier molecular flexibility index (Phi) is 7.61. The predicted octanol–water partition coefficient (Wildman–Crippen LogP) is 2.33. The summed E-state index contributed by atoms with van der Waals surface area (Å²) in [6.07, 6.45) is 0.141. The molecule has 152 valence electrons. The Morgan fingerprint density at radius 1 is 1.21 bits per heavy atom. The maximum atomic E-state index is 12.0. The lowest BCUT2D eigenvalue weighted by Crippen LogP contribution is -2.32. The van der Waals surface area contributed by atoms with Crippen LogP contribution in [0.3, 0.4) is 0 Å². The second-order valence-corrected chi connectivity index (χ2v) is 6.23. The zero-order valence-corrected chi connectivity index (χ0v) is 16.0. The Morgan fingerprint density at radius 2 is 1.90 bits per heavy atom. The number of rotatable bonds is 8. The Hall–Kier alpha value is -3.53. The smallest absolute Gasteiger partial charge is 0.308 e. The first-order chi connectivity index (χ1) is 13.8. The SMILES string of the molecule is C[C@H](OC(=O)CCNC(=O)c1ccc([N+](=O)[O-])cc1)C(=O)Nc1ccc(Cl)cn1. The second-order valence-electron chi connectivity index (χ2n) is 5.79. The van der Waals surface area contributed by atoms with Gasteiger partial charge in [-0.05, 0) is 31.2 Å². The molecule has 0 spiro atoms. The van der Waals surface area contributed by atoms with Gasteiger partial charge in [-0.1, -0.05) is 11.6 Å². The van der Waals surface area contributed by atoms with Gasteiger partial charge in [0.2, 0.25) is 0 Å². The number of anilines is 1. The summed E-state index contributed by atoms with van der Waals surface area (Å²) < 4.78 is 5.01. The first-order valence-electron chi connectivity index (χ1n) is 8.41. The summed E-state index contributed by atoms with van der Waals surface area (Å²) in [7, 11) is 0. The van der Waals surface area contributed by atoms with Crippen molar-refractivity contribution >= 4 is 40.9 Å². The van der Waals surface area contributed by atoms with E-state index in [0.29, 0.717) is 5.02 Å². The molecule has 2 aromatic rings. The van der Waals surface area contributed by atoms with E-state index in [2.05, 4.69) is 15.6 Å². The minimum atomic E-state index is -1.06. The molecular formula is C18H17ClN4O6. The molecule has 0 bridgehead atoms. The van der Waals surface area contributed by atoms with Gasteiger partial charge in [0.1, 0.15) is 5.82 Å². The molecule has 2 N–H and O–H groups in total. The van der Waals surface area contributed by atoms with Crippen LogP contribution < -0.4 is 10.6 Å². The fraction of sp³-hybridized carbons (Fsp3) is 0.222. The van der Waals surface area contributed by atoms with Crippen molar-refractivity contribution in [1.29, 1.82) is 0 Å². The van der Waals surface area contributed by atoms with Crippen molar-refractivity contribution in [3.05, 3.63) is 63.3 Å². The van der Waals surface area contributed by atoms with E-state index in [9.17, 15) is 24.5 Å². The monoisotopic (exact) mass is 420 g/mol. The molecule has 0 radical (unpaired) electrons. The van der Waals surface area contributed by atoms with E-state index in [1.165, 1.54) is 43.5 Å². The molecule has 1 heterocycles. The third-order valence-corrected chi connectivity index (χ3v) is 3.83. The number of benzene rings is 1. The quantitative estimate of drug-likeness (QED) is 0.379. The first-order valence-corrected chi connectivity index (χ1v) is 8.78. The molecule has 1 atom stereocenters. The number of esters is 1. The van der Waals surface area contributed by atoms with Gasteiger partial charge in [0.25, 0.3) is 17.5 Å². The van der Waals surface area contributed by atoms with Gasteiger partial charge in [0.15, 0.2) is 6.10 Å². The van der Waals surface area contributed by atoms with Crippen molar-refractivity contribution in [2.24, 2.45) is 0 Å². The number of carbonyl (C=O) groups is 3. The molecule has 0 saturated carbocycles. The predicted molar refractivity (Wildman–Crippen MR) is 103 cm³/mol. The number of carbonyl (C=O) groups excluding carboxylic acids is 3. The number of nitrogens with one attached hydrogen (secondary N) is 2. The third-order valence-electron chi connectivity index (χ3n) is 3.61. The normalized spacial score (nSPS) is 11.2. The van der Waals surface area contributed by atoms with Gasteiger partial charge in [0, 0.05) is 30.4 Å². The molecule has 11 heteroatoms. The summed E-state index contributed by atoms with van der Waals surface area (Å²) in [5, 5.41) is 16.0. The number of hydrogen-bond acceptors (Lipinski definition) is 7. The number of hydrogen-bond donors (Lipinski definition) is 2. The average molecular weight is 421 g/mol. The average Bonchev–Trinajstić information content (AvgIpc) is 2.69. The highest BCUT2D eigenvalue weighted by Gasteiger charge is 2.18. The van der Waals surface area contributed by atoms with Crippen LogP contribution in [0, 0.1) is 10.1 Å². The second kappa shape index (κ2) is 10.1. The number of non-ortho nitro benzene ring substituents is 1. The van der Waals surface area contributed by atoms with Crippen molar-refractivity contribution in [1.82, 2.24) is 10.3 Å². The first kappa shape index (κ1) is 21.8. The summed E-state index contributed by atoms with van der Waals surface area (Å²) in [4.78, 5) is 49.7. The molecule has 0 fully saturated rings. The Bertz CT molecular complexity index is 902. The molecule has 1 aromatic heterocycles. The van der Waals surface area contributed by atoms with Crippen molar-refractivity contribution in [2.75, 3.05) is 11.9 Å². The minimum absolute atomic E-state index is 0.0261. The molecule has 0 aliphatic carbocycles. The molecule has 0 aliphatic heterocycles. The van der Waals surface area contributed by atoms with Crippen LogP contribution in [0.5, 0.6) is 0 Å². The van der Waals surface area contributed by atoms with Gasteiger partial charge in [0.05, 0.1) is 16.4 Å². The fourth-order valence-corrected chi connectivity index (χ4v) is 2.21. The molecule has 29 heavy (non-hydrogen) atoms. The number of amides is 2. The lowest BCUT2D eigenvalue weighted by Gasteiger charge is -2.13. The van der Waals surface area contributed by atoms with Gasteiger partial charge in [-0.25, -0.2) is 4.98 Å². The molecule has 1 aromatic carbocycles. The van der Waals surface area contributed by atoms with E-state index >= 15 is 0 Å². The van der Waals surface area contributed by atoms with Crippen LogP contribution in [-0.4, -0.2) is 40.3 Å². The van der Waals surface area contributed by atoms with Crippen molar-refractivity contribution in [3.8, 4) is 0 Å². The highest BCUT2D eigenvalue weighted by atomic mass is 35.5. The fourth-order valence-electron chi connectivity index (χ4n) is 2.10. The van der Waals surface area contributed by atoms with Crippen LogP contribution in [0.15, 0.2) is 42.6 Å². The van der Waals surface area contributed by atoms with Crippen LogP contribution in [-0.2, 0) is 14.3 Å². The topological polar surface area (TPSA) is 141 Å². The van der Waals surface area contributed by atoms with Gasteiger partial charge in [-0.3, -0.25) is 24.5 Å². The number of pyridine rings is 1. The van der Waals surface area contributed by atoms with Gasteiger partial charge >= 0.3 is 5.97 Å². The molecule has 0 aliphatic rings. The number of nitro groups is 1. The highest BCUT2D eigenvalue weighted by molar-refractivity contribution is 6.30. The molecule has 0 unspecified atom stereocenters. The molecular weight excluding hydrogens is 404 g/mol. The van der Waals surface area contributed by atoms with Gasteiger partial charge < -0.3 is 15.4 Å². The molecule has 10 nitrogen and oxygen atoms in total. The van der Waals surface area contributed by atoms with Crippen molar-refractivity contribution < 1.29 is 24.0 Å². The Morgan fingerprint density at radius 3 is 2.48 bits per heavy atom. The van der Waals surface area contributed by atoms with Gasteiger partial charge in [-0.15, -0.1) is 0 Å². The summed E-state index contributed by atoms with van der Waals surface area (Å²) >= 11 is 5.71. The van der Waals surface area contributed by atoms with Crippen LogP contribution in [0.4, 0.5) is 11.5 Å². The van der Waals surface area contributed by atoms with Crippen LogP contribution in [0.25, 0.3) is 0 Å². The van der Waals surface area contributed by atoms with E-state index in [-0.39, 0.29) is 30.0 Å². The lowest BCUT2D eigenvalue weighted by atomic mass is 10.2. The van der Waals surface area contributed by atoms with E-state index in [1.54, 1.807) is 6.07 Å². The maximum absolute atomic E-state index is 12.0. The zero-order chi connectivity index (χ0) is 21.4. The van der Waals surface area contributed by atoms with E-state index in [1.807, 2.05) is 0 Å².